The minimum absolute atomic E-state index is 0. The fourth-order valence-electron chi connectivity index (χ4n) is 3.84. The van der Waals surface area contributed by atoms with Gasteiger partial charge in [-0.2, -0.15) is 0 Å². The molecule has 7 heteroatoms. The van der Waals surface area contributed by atoms with E-state index < -0.39 is 6.04 Å². The molecule has 1 aromatic carbocycles. The van der Waals surface area contributed by atoms with Gasteiger partial charge in [-0.25, -0.2) is 0 Å². The van der Waals surface area contributed by atoms with E-state index in [2.05, 4.69) is 29.8 Å². The van der Waals surface area contributed by atoms with Crippen LogP contribution in [0.5, 0.6) is 0 Å². The molecule has 2 atom stereocenters. The highest BCUT2D eigenvalue weighted by Crippen LogP contribution is 2.21. The molecular formula is C19H30Cl2N4O. The van der Waals surface area contributed by atoms with Crippen LogP contribution in [0.25, 0.3) is 10.9 Å². The lowest BCUT2D eigenvalue weighted by molar-refractivity contribution is -0.131. The zero-order valence-electron chi connectivity index (χ0n) is 15.5. The zero-order chi connectivity index (χ0) is 17.1. The number of carbonyl (C=O) groups excluding carboxylic acids is 1. The summed E-state index contributed by atoms with van der Waals surface area (Å²) in [5, 5.41) is 1.16. The van der Waals surface area contributed by atoms with Crippen LogP contribution in [0.4, 0.5) is 0 Å². The number of nitrogens with two attached hydrogens (primary N) is 1. The Morgan fingerprint density at radius 2 is 2.00 bits per heavy atom. The van der Waals surface area contributed by atoms with Crippen LogP contribution in [-0.2, 0) is 11.2 Å². The second-order valence-electron chi connectivity index (χ2n) is 6.62. The molecule has 0 bridgehead atoms. The number of aromatic amines is 1. The van der Waals surface area contributed by atoms with E-state index in [1.165, 1.54) is 0 Å². The smallest absolute Gasteiger partial charge is 0.239 e. The number of nitrogens with one attached hydrogen (secondary N) is 1. The topological polar surface area (TPSA) is 65.4 Å². The third kappa shape index (κ3) is 4.71. The Morgan fingerprint density at radius 1 is 1.31 bits per heavy atom. The van der Waals surface area contributed by atoms with E-state index in [1.807, 2.05) is 29.3 Å². The molecule has 1 fully saturated rings. The number of amides is 1. The summed E-state index contributed by atoms with van der Waals surface area (Å²) < 4.78 is 0. The number of hydrogen-bond acceptors (Lipinski definition) is 3. The monoisotopic (exact) mass is 400 g/mol. The standard InChI is InChI=1S/C19H28N4O.2ClH/c1-3-22(4-2)15-9-10-23(13-15)19(24)17(20)11-14-12-21-18-8-6-5-7-16(14)18;;/h5-8,12,15,17,21H,3-4,9-11,13,20H2,1-2H3;2*1H/t15?,17-;;/m0../s1. The van der Waals surface area contributed by atoms with Crippen LogP contribution in [-0.4, -0.2) is 59.0 Å². The summed E-state index contributed by atoms with van der Waals surface area (Å²) in [6.45, 7) is 8.05. The van der Waals surface area contributed by atoms with E-state index in [9.17, 15) is 4.79 Å². The maximum atomic E-state index is 12.7. The summed E-state index contributed by atoms with van der Waals surface area (Å²) in [7, 11) is 0. The van der Waals surface area contributed by atoms with Crippen molar-refractivity contribution in [3.8, 4) is 0 Å². The number of fused-ring (bicyclic) bond motifs is 1. The summed E-state index contributed by atoms with van der Waals surface area (Å²) in [5.74, 6) is 0.0786. The average molecular weight is 401 g/mol. The van der Waals surface area contributed by atoms with E-state index in [1.54, 1.807) is 0 Å². The van der Waals surface area contributed by atoms with E-state index in [-0.39, 0.29) is 30.7 Å². The van der Waals surface area contributed by atoms with Gasteiger partial charge in [-0.15, -0.1) is 24.8 Å². The first-order valence-electron chi connectivity index (χ1n) is 8.97. The number of likely N-dealkylation sites (N-methyl/N-ethyl adjacent to an activating group) is 1. The highest BCUT2D eigenvalue weighted by Gasteiger charge is 2.31. The highest BCUT2D eigenvalue weighted by atomic mass is 35.5. The fourth-order valence-corrected chi connectivity index (χ4v) is 3.84. The summed E-state index contributed by atoms with van der Waals surface area (Å²) in [5.41, 5.74) is 8.46. The molecule has 1 amide bonds. The Kier molecular flexibility index (Phi) is 8.90. The molecule has 3 rings (SSSR count). The van der Waals surface area contributed by atoms with Crippen molar-refractivity contribution in [2.45, 2.75) is 38.8 Å². The van der Waals surface area contributed by atoms with Gasteiger partial charge in [-0.1, -0.05) is 32.0 Å². The van der Waals surface area contributed by atoms with Gasteiger partial charge >= 0.3 is 0 Å². The fraction of sp³-hybridized carbons (Fsp3) is 0.526. The first kappa shape index (κ1) is 22.8. The minimum atomic E-state index is -0.473. The van der Waals surface area contributed by atoms with Crippen LogP contribution in [0.2, 0.25) is 0 Å². The van der Waals surface area contributed by atoms with Crippen LogP contribution < -0.4 is 5.73 Å². The number of hydrogen-bond donors (Lipinski definition) is 2. The van der Waals surface area contributed by atoms with Crippen LogP contribution >= 0.6 is 24.8 Å². The Balaban J connectivity index is 0.00000169. The molecule has 1 unspecified atom stereocenters. The normalized spacial score (nSPS) is 17.8. The summed E-state index contributed by atoms with van der Waals surface area (Å²) >= 11 is 0. The third-order valence-corrected chi connectivity index (χ3v) is 5.24. The molecule has 0 aliphatic carbocycles. The number of rotatable bonds is 6. The maximum Gasteiger partial charge on any atom is 0.239 e. The Hall–Kier alpha value is -1.27. The SMILES string of the molecule is CCN(CC)C1CCN(C(=O)[C@@H](N)Cc2c[nH]c3ccccc23)C1.Cl.Cl. The highest BCUT2D eigenvalue weighted by molar-refractivity contribution is 5.86. The molecule has 0 spiro atoms. The van der Waals surface area contributed by atoms with Gasteiger partial charge in [0.15, 0.2) is 0 Å². The van der Waals surface area contributed by atoms with Crippen molar-refractivity contribution >= 4 is 41.6 Å². The first-order chi connectivity index (χ1) is 11.6. The van der Waals surface area contributed by atoms with Crippen molar-refractivity contribution in [3.63, 3.8) is 0 Å². The van der Waals surface area contributed by atoms with Gasteiger partial charge < -0.3 is 15.6 Å². The number of halogens is 2. The molecule has 5 nitrogen and oxygen atoms in total. The Morgan fingerprint density at radius 3 is 2.69 bits per heavy atom. The van der Waals surface area contributed by atoms with Crippen molar-refractivity contribution in [1.29, 1.82) is 0 Å². The van der Waals surface area contributed by atoms with E-state index in [4.69, 9.17) is 5.73 Å². The van der Waals surface area contributed by atoms with Crippen LogP contribution in [0, 0.1) is 0 Å². The lowest BCUT2D eigenvalue weighted by Crippen LogP contribution is -2.45. The molecule has 26 heavy (non-hydrogen) atoms. The number of benzene rings is 1. The Bertz CT molecular complexity index is 702. The summed E-state index contributed by atoms with van der Waals surface area (Å²) in [4.78, 5) is 20.4. The second-order valence-corrected chi connectivity index (χ2v) is 6.62. The second kappa shape index (κ2) is 10.2. The van der Waals surface area contributed by atoms with E-state index >= 15 is 0 Å². The van der Waals surface area contributed by atoms with E-state index in [0.717, 1.165) is 49.1 Å². The van der Waals surface area contributed by atoms with E-state index in [0.29, 0.717) is 12.5 Å². The van der Waals surface area contributed by atoms with Gasteiger partial charge in [0, 0.05) is 36.2 Å². The number of aromatic nitrogens is 1. The number of para-hydroxylation sites is 1. The summed E-state index contributed by atoms with van der Waals surface area (Å²) in [6, 6.07) is 8.14. The number of nitrogens with zero attached hydrogens (tertiary/aromatic N) is 2. The predicted octanol–water partition coefficient (Wildman–Crippen LogP) is 2.82. The largest absolute Gasteiger partial charge is 0.361 e. The first-order valence-corrected chi connectivity index (χ1v) is 8.97. The molecule has 1 aromatic heterocycles. The van der Waals surface area contributed by atoms with Gasteiger partial charge in [-0.3, -0.25) is 9.69 Å². The molecule has 1 aliphatic heterocycles. The molecule has 0 saturated carbocycles. The van der Waals surface area contributed by atoms with Crippen LogP contribution in [0.1, 0.15) is 25.8 Å². The number of carbonyl (C=O) groups is 1. The predicted molar refractivity (Wildman–Crippen MR) is 112 cm³/mol. The lowest BCUT2D eigenvalue weighted by atomic mass is 10.0. The number of likely N-dealkylation sites (tertiary alicyclic amines) is 1. The molecule has 146 valence electrons. The zero-order valence-corrected chi connectivity index (χ0v) is 17.1. The third-order valence-electron chi connectivity index (χ3n) is 5.24. The van der Waals surface area contributed by atoms with Gasteiger partial charge in [0.1, 0.15) is 0 Å². The quantitative estimate of drug-likeness (QED) is 0.783. The molecule has 1 saturated heterocycles. The summed E-state index contributed by atoms with van der Waals surface area (Å²) in [6.07, 6.45) is 3.60. The lowest BCUT2D eigenvalue weighted by Gasteiger charge is -2.26. The molecule has 1 aliphatic rings. The number of H-pyrrole nitrogens is 1. The molecule has 3 N–H and O–H groups in total. The molecule has 2 aromatic rings. The van der Waals surface area contributed by atoms with Crippen molar-refractivity contribution < 1.29 is 4.79 Å². The van der Waals surface area contributed by atoms with Crippen molar-refractivity contribution in [3.05, 3.63) is 36.0 Å². The van der Waals surface area contributed by atoms with Gasteiger partial charge in [0.25, 0.3) is 0 Å². The Labute approximate surface area is 168 Å². The maximum absolute atomic E-state index is 12.7. The van der Waals surface area contributed by atoms with Crippen LogP contribution in [0.3, 0.4) is 0 Å². The van der Waals surface area contributed by atoms with Gasteiger partial charge in [0.2, 0.25) is 5.91 Å². The van der Waals surface area contributed by atoms with Gasteiger partial charge in [0.05, 0.1) is 6.04 Å². The molecular weight excluding hydrogens is 371 g/mol. The molecule has 0 radical (unpaired) electrons. The van der Waals surface area contributed by atoms with Crippen LogP contribution in [0.15, 0.2) is 30.5 Å². The average Bonchev–Trinajstić information content (AvgIpc) is 3.23. The van der Waals surface area contributed by atoms with Crippen molar-refractivity contribution in [1.82, 2.24) is 14.8 Å². The molecule has 2 heterocycles. The van der Waals surface area contributed by atoms with Crippen molar-refractivity contribution in [2.75, 3.05) is 26.2 Å². The van der Waals surface area contributed by atoms with Crippen molar-refractivity contribution in [2.24, 2.45) is 5.73 Å². The minimum Gasteiger partial charge on any atom is -0.361 e. The van der Waals surface area contributed by atoms with Gasteiger partial charge in [-0.05, 0) is 37.6 Å².